The third-order valence-electron chi connectivity index (χ3n) is 2.65. The number of para-hydroxylation sites is 2. The molecule has 0 aliphatic heterocycles. The van der Waals surface area contributed by atoms with Crippen LogP contribution in [0.25, 0.3) is 11.0 Å². The highest BCUT2D eigenvalue weighted by molar-refractivity contribution is 5.91. The van der Waals surface area contributed by atoms with Crippen molar-refractivity contribution in [1.82, 2.24) is 20.2 Å². The van der Waals surface area contributed by atoms with Gasteiger partial charge in [-0.15, -0.1) is 0 Å². The van der Waals surface area contributed by atoms with Crippen molar-refractivity contribution in [3.63, 3.8) is 0 Å². The Bertz CT molecular complexity index is 636. The standard InChI is InChI=1S/C13H16N4O3/c1-3-8-15-11(18)17-10-7-5-4-6-9(10)16-12(17)20-13(19)14-2/h4-7H,3,8H2,1-2H3,(H,14,19)(H,15,18). The maximum Gasteiger partial charge on any atom is 0.414 e. The van der Waals surface area contributed by atoms with Gasteiger partial charge in [-0.2, -0.15) is 4.98 Å². The molecular weight excluding hydrogens is 260 g/mol. The van der Waals surface area contributed by atoms with Crippen LogP contribution in [0.3, 0.4) is 0 Å². The molecule has 2 amide bonds. The number of ether oxygens (including phenoxy) is 1. The first-order valence-electron chi connectivity index (χ1n) is 6.32. The zero-order chi connectivity index (χ0) is 14.5. The molecule has 0 saturated heterocycles. The lowest BCUT2D eigenvalue weighted by Crippen LogP contribution is -2.31. The van der Waals surface area contributed by atoms with E-state index in [4.69, 9.17) is 4.74 Å². The number of carbonyl (C=O) groups excluding carboxylic acids is 2. The molecular formula is C13H16N4O3. The van der Waals surface area contributed by atoms with E-state index in [0.29, 0.717) is 17.6 Å². The first-order chi connectivity index (χ1) is 9.67. The summed E-state index contributed by atoms with van der Waals surface area (Å²) in [6.45, 7) is 2.49. The molecule has 0 fully saturated rings. The number of rotatable bonds is 3. The van der Waals surface area contributed by atoms with Crippen molar-refractivity contribution in [2.75, 3.05) is 13.6 Å². The van der Waals surface area contributed by atoms with E-state index in [1.165, 1.54) is 11.6 Å². The van der Waals surface area contributed by atoms with Gasteiger partial charge in [0, 0.05) is 13.6 Å². The van der Waals surface area contributed by atoms with Crippen molar-refractivity contribution >= 4 is 23.2 Å². The molecule has 2 rings (SSSR count). The van der Waals surface area contributed by atoms with E-state index in [2.05, 4.69) is 15.6 Å². The summed E-state index contributed by atoms with van der Waals surface area (Å²) in [4.78, 5) is 27.6. The quantitative estimate of drug-likeness (QED) is 0.893. The maximum atomic E-state index is 12.2. The van der Waals surface area contributed by atoms with Crippen molar-refractivity contribution in [2.24, 2.45) is 0 Å². The van der Waals surface area contributed by atoms with Gasteiger partial charge in [0.1, 0.15) is 0 Å². The fraction of sp³-hybridized carbons (Fsp3) is 0.308. The van der Waals surface area contributed by atoms with E-state index < -0.39 is 6.09 Å². The van der Waals surface area contributed by atoms with Gasteiger partial charge in [-0.3, -0.25) is 0 Å². The number of amides is 2. The second-order valence-electron chi connectivity index (χ2n) is 4.09. The van der Waals surface area contributed by atoms with Crippen LogP contribution in [-0.4, -0.2) is 35.3 Å². The van der Waals surface area contributed by atoms with Gasteiger partial charge in [0.2, 0.25) is 0 Å². The van der Waals surface area contributed by atoms with Gasteiger partial charge in [0.15, 0.2) is 0 Å². The molecule has 106 valence electrons. The summed E-state index contributed by atoms with van der Waals surface area (Å²) in [5, 5.41) is 5.05. The minimum atomic E-state index is -0.676. The number of hydrogen-bond acceptors (Lipinski definition) is 4. The van der Waals surface area contributed by atoms with Gasteiger partial charge in [-0.1, -0.05) is 19.1 Å². The average molecular weight is 276 g/mol. The average Bonchev–Trinajstić information content (AvgIpc) is 2.82. The number of benzene rings is 1. The Labute approximate surface area is 115 Å². The number of aromatic nitrogens is 2. The van der Waals surface area contributed by atoms with Crippen LogP contribution in [0.5, 0.6) is 6.01 Å². The van der Waals surface area contributed by atoms with Crippen molar-refractivity contribution in [3.8, 4) is 6.01 Å². The summed E-state index contributed by atoms with van der Waals surface area (Å²) in [6.07, 6.45) is 0.133. The van der Waals surface area contributed by atoms with Gasteiger partial charge in [0.05, 0.1) is 11.0 Å². The second kappa shape index (κ2) is 6.05. The molecule has 0 radical (unpaired) electrons. The van der Waals surface area contributed by atoms with Crippen LogP contribution < -0.4 is 15.4 Å². The third-order valence-corrected chi connectivity index (χ3v) is 2.65. The highest BCUT2D eigenvalue weighted by Crippen LogP contribution is 2.20. The maximum absolute atomic E-state index is 12.2. The fourth-order valence-corrected chi connectivity index (χ4v) is 1.71. The van der Waals surface area contributed by atoms with Gasteiger partial charge < -0.3 is 15.4 Å². The number of fused-ring (bicyclic) bond motifs is 1. The molecule has 2 N–H and O–H groups in total. The predicted molar refractivity (Wildman–Crippen MR) is 73.9 cm³/mol. The minimum Gasteiger partial charge on any atom is -0.375 e. The summed E-state index contributed by atoms with van der Waals surface area (Å²) in [6, 6.07) is 6.64. The van der Waals surface area contributed by atoms with E-state index in [1.807, 2.05) is 6.92 Å². The summed E-state index contributed by atoms with van der Waals surface area (Å²) in [5.41, 5.74) is 1.16. The van der Waals surface area contributed by atoms with E-state index in [-0.39, 0.29) is 12.0 Å². The molecule has 0 saturated carbocycles. The Morgan fingerprint density at radius 3 is 2.80 bits per heavy atom. The summed E-state index contributed by atoms with van der Waals surface area (Å²) in [7, 11) is 1.44. The van der Waals surface area contributed by atoms with E-state index in [9.17, 15) is 9.59 Å². The Morgan fingerprint density at radius 2 is 2.10 bits per heavy atom. The van der Waals surface area contributed by atoms with Crippen LogP contribution in [0.15, 0.2) is 24.3 Å². The zero-order valence-corrected chi connectivity index (χ0v) is 11.3. The lowest BCUT2D eigenvalue weighted by Gasteiger charge is -2.08. The van der Waals surface area contributed by atoms with Crippen LogP contribution in [0.2, 0.25) is 0 Å². The summed E-state index contributed by atoms with van der Waals surface area (Å²) in [5.74, 6) is 0. The number of carbonyl (C=O) groups is 2. The fourth-order valence-electron chi connectivity index (χ4n) is 1.71. The predicted octanol–water partition coefficient (Wildman–Crippen LogP) is 1.72. The second-order valence-corrected chi connectivity index (χ2v) is 4.09. The number of nitrogens with zero attached hydrogens (tertiary/aromatic N) is 2. The molecule has 1 aromatic carbocycles. The lowest BCUT2D eigenvalue weighted by molar-refractivity contribution is 0.196. The van der Waals surface area contributed by atoms with Crippen molar-refractivity contribution in [3.05, 3.63) is 24.3 Å². The van der Waals surface area contributed by atoms with E-state index in [1.54, 1.807) is 24.3 Å². The third kappa shape index (κ3) is 2.71. The highest BCUT2D eigenvalue weighted by Gasteiger charge is 2.19. The molecule has 1 aromatic heterocycles. The lowest BCUT2D eigenvalue weighted by atomic mass is 10.3. The smallest absolute Gasteiger partial charge is 0.375 e. The van der Waals surface area contributed by atoms with Crippen LogP contribution in [0.1, 0.15) is 13.3 Å². The number of hydrogen-bond donors (Lipinski definition) is 2. The largest absolute Gasteiger partial charge is 0.414 e. The molecule has 0 bridgehead atoms. The number of nitrogens with one attached hydrogen (secondary N) is 2. The van der Waals surface area contributed by atoms with Gasteiger partial charge in [-0.05, 0) is 18.6 Å². The summed E-state index contributed by atoms with van der Waals surface area (Å²) >= 11 is 0. The molecule has 1 heterocycles. The highest BCUT2D eigenvalue weighted by atomic mass is 16.6. The topological polar surface area (TPSA) is 85.2 Å². The monoisotopic (exact) mass is 276 g/mol. The Hall–Kier alpha value is -2.57. The molecule has 2 aromatic rings. The van der Waals surface area contributed by atoms with E-state index >= 15 is 0 Å². The Morgan fingerprint density at radius 1 is 1.35 bits per heavy atom. The SMILES string of the molecule is CCCNC(=O)n1c(OC(=O)NC)nc2ccccc21. The Balaban J connectivity index is 2.44. The molecule has 0 aliphatic carbocycles. The van der Waals surface area contributed by atoms with Gasteiger partial charge in [0.25, 0.3) is 0 Å². The van der Waals surface area contributed by atoms with Crippen LogP contribution in [-0.2, 0) is 0 Å². The van der Waals surface area contributed by atoms with Crippen LogP contribution >= 0.6 is 0 Å². The molecule has 7 heteroatoms. The number of imidazole rings is 1. The molecule has 20 heavy (non-hydrogen) atoms. The van der Waals surface area contributed by atoms with Gasteiger partial charge >= 0.3 is 18.1 Å². The van der Waals surface area contributed by atoms with Gasteiger partial charge in [-0.25, -0.2) is 14.2 Å². The normalized spacial score (nSPS) is 10.3. The van der Waals surface area contributed by atoms with Crippen molar-refractivity contribution < 1.29 is 14.3 Å². The van der Waals surface area contributed by atoms with Crippen LogP contribution in [0, 0.1) is 0 Å². The first-order valence-corrected chi connectivity index (χ1v) is 6.32. The molecule has 7 nitrogen and oxygen atoms in total. The Kier molecular flexibility index (Phi) is 4.19. The van der Waals surface area contributed by atoms with E-state index in [0.717, 1.165) is 6.42 Å². The summed E-state index contributed by atoms with van der Waals surface area (Å²) < 4.78 is 6.27. The first kappa shape index (κ1) is 13.9. The van der Waals surface area contributed by atoms with Crippen molar-refractivity contribution in [1.29, 1.82) is 0 Å². The molecule has 0 unspecified atom stereocenters. The van der Waals surface area contributed by atoms with Crippen LogP contribution in [0.4, 0.5) is 9.59 Å². The molecule has 0 atom stereocenters. The molecule has 0 aliphatic rings. The minimum absolute atomic E-state index is 0.0563. The zero-order valence-electron chi connectivity index (χ0n) is 11.3. The van der Waals surface area contributed by atoms with Crippen molar-refractivity contribution in [2.45, 2.75) is 13.3 Å². The molecule has 0 spiro atoms.